The Bertz CT molecular complexity index is 1070. The fourth-order valence-corrected chi connectivity index (χ4v) is 2.66. The van der Waals surface area contributed by atoms with E-state index in [0.29, 0.717) is 34.3 Å². The topological polar surface area (TPSA) is 126 Å². The molecule has 3 heterocycles. The zero-order valence-corrected chi connectivity index (χ0v) is 15.3. The maximum Gasteiger partial charge on any atom is 0.150 e. The highest BCUT2D eigenvalue weighted by Crippen LogP contribution is 2.29. The molecule has 3 aromatic heterocycles. The second kappa shape index (κ2) is 8.05. The van der Waals surface area contributed by atoms with E-state index >= 15 is 0 Å². The molecule has 3 N–H and O–H groups in total. The SMILES string of the molecule is C=Cc1nc(-c2ccccn2)c([C@H](C)Nc2ncnc(N)c2C#N)nc1C=C. The van der Waals surface area contributed by atoms with E-state index in [0.717, 1.165) is 0 Å². The highest BCUT2D eigenvalue weighted by Gasteiger charge is 2.20. The number of nitrogens with two attached hydrogens (primary N) is 1. The van der Waals surface area contributed by atoms with Gasteiger partial charge in [-0.25, -0.2) is 19.9 Å². The molecule has 0 amide bonds. The molecule has 0 aliphatic rings. The molecule has 3 rings (SSSR count). The molecule has 28 heavy (non-hydrogen) atoms. The zero-order chi connectivity index (χ0) is 20.1. The summed E-state index contributed by atoms with van der Waals surface area (Å²) in [6, 6.07) is 7.21. The molecule has 8 heteroatoms. The Kier molecular flexibility index (Phi) is 5.37. The van der Waals surface area contributed by atoms with E-state index in [1.807, 2.05) is 31.2 Å². The summed E-state index contributed by atoms with van der Waals surface area (Å²) in [4.78, 5) is 21.7. The number of anilines is 2. The van der Waals surface area contributed by atoms with Crippen LogP contribution in [0.2, 0.25) is 0 Å². The number of hydrogen-bond donors (Lipinski definition) is 2. The van der Waals surface area contributed by atoms with Crippen LogP contribution in [0.25, 0.3) is 23.5 Å². The first-order valence-electron chi connectivity index (χ1n) is 8.44. The maximum absolute atomic E-state index is 9.35. The number of aromatic nitrogens is 5. The number of nitrogens with zero attached hydrogens (tertiary/aromatic N) is 6. The van der Waals surface area contributed by atoms with Gasteiger partial charge in [-0.05, 0) is 31.2 Å². The molecule has 0 unspecified atom stereocenters. The van der Waals surface area contributed by atoms with Crippen molar-refractivity contribution >= 4 is 23.8 Å². The Morgan fingerprint density at radius 1 is 1.14 bits per heavy atom. The van der Waals surface area contributed by atoms with Gasteiger partial charge in [0.2, 0.25) is 0 Å². The minimum atomic E-state index is -0.358. The third kappa shape index (κ3) is 3.54. The molecule has 138 valence electrons. The van der Waals surface area contributed by atoms with Crippen molar-refractivity contribution in [3.05, 3.63) is 66.5 Å². The van der Waals surface area contributed by atoms with Gasteiger partial charge in [0, 0.05) is 6.20 Å². The Labute approximate surface area is 162 Å². The Hall–Kier alpha value is -4.12. The van der Waals surface area contributed by atoms with Crippen LogP contribution in [-0.2, 0) is 0 Å². The number of hydrogen-bond acceptors (Lipinski definition) is 8. The summed E-state index contributed by atoms with van der Waals surface area (Å²) >= 11 is 0. The lowest BCUT2D eigenvalue weighted by Crippen LogP contribution is -2.15. The van der Waals surface area contributed by atoms with Crippen molar-refractivity contribution in [3.8, 4) is 17.5 Å². The van der Waals surface area contributed by atoms with Crippen LogP contribution >= 0.6 is 0 Å². The molecule has 0 bridgehead atoms. The van der Waals surface area contributed by atoms with E-state index in [9.17, 15) is 5.26 Å². The summed E-state index contributed by atoms with van der Waals surface area (Å²) in [5, 5.41) is 12.5. The largest absolute Gasteiger partial charge is 0.382 e. The molecule has 0 aromatic carbocycles. The van der Waals surface area contributed by atoms with Gasteiger partial charge in [-0.2, -0.15) is 5.26 Å². The molecular weight excluding hydrogens is 352 g/mol. The monoisotopic (exact) mass is 370 g/mol. The van der Waals surface area contributed by atoms with E-state index in [1.165, 1.54) is 6.33 Å². The predicted molar refractivity (Wildman–Crippen MR) is 109 cm³/mol. The van der Waals surface area contributed by atoms with Gasteiger partial charge in [0.15, 0.2) is 0 Å². The first-order valence-corrected chi connectivity index (χ1v) is 8.44. The van der Waals surface area contributed by atoms with Crippen molar-refractivity contribution in [2.45, 2.75) is 13.0 Å². The first kappa shape index (κ1) is 18.7. The fourth-order valence-electron chi connectivity index (χ4n) is 2.66. The maximum atomic E-state index is 9.35. The molecule has 0 spiro atoms. The molecule has 0 saturated heterocycles. The summed E-state index contributed by atoms with van der Waals surface area (Å²) in [6.07, 6.45) is 6.22. The van der Waals surface area contributed by atoms with Crippen molar-refractivity contribution in [2.75, 3.05) is 11.1 Å². The fraction of sp³-hybridized carbons (Fsp3) is 0.100. The van der Waals surface area contributed by atoms with Gasteiger partial charge in [-0.15, -0.1) is 0 Å². The van der Waals surface area contributed by atoms with Crippen LogP contribution < -0.4 is 11.1 Å². The van der Waals surface area contributed by atoms with Crippen LogP contribution in [0.4, 0.5) is 11.6 Å². The Morgan fingerprint density at radius 2 is 1.89 bits per heavy atom. The van der Waals surface area contributed by atoms with E-state index in [2.05, 4.69) is 38.4 Å². The van der Waals surface area contributed by atoms with Gasteiger partial charge < -0.3 is 11.1 Å². The highest BCUT2D eigenvalue weighted by atomic mass is 15.1. The van der Waals surface area contributed by atoms with Crippen molar-refractivity contribution in [3.63, 3.8) is 0 Å². The minimum absolute atomic E-state index is 0.108. The molecular formula is C20H18N8. The van der Waals surface area contributed by atoms with Crippen LogP contribution in [0.1, 0.15) is 35.6 Å². The van der Waals surface area contributed by atoms with Crippen molar-refractivity contribution in [1.29, 1.82) is 5.26 Å². The Balaban J connectivity index is 2.12. The summed E-state index contributed by atoms with van der Waals surface area (Å²) in [5.74, 6) is 0.432. The summed E-state index contributed by atoms with van der Waals surface area (Å²) in [5.41, 5.74) is 9.05. The standard InChI is InChI=1S/C20H18N8/c1-4-14-15(5-2)28-18(16-8-6-7-9-23-16)17(27-14)12(3)26-20-13(10-21)19(22)24-11-25-20/h4-9,11-12H,1-2H2,3H3,(H3,22,24,25,26)/t12-/m0/s1. The molecule has 0 aliphatic carbocycles. The number of nitrogen functional groups attached to an aromatic ring is 1. The average molecular weight is 370 g/mol. The summed E-state index contributed by atoms with van der Waals surface area (Å²) in [6.45, 7) is 9.48. The lowest BCUT2D eigenvalue weighted by Gasteiger charge is -2.19. The molecule has 3 aromatic rings. The van der Waals surface area contributed by atoms with E-state index in [1.54, 1.807) is 18.3 Å². The number of nitrogens with one attached hydrogen (secondary N) is 1. The van der Waals surface area contributed by atoms with Gasteiger partial charge in [0.05, 0.1) is 28.8 Å². The van der Waals surface area contributed by atoms with E-state index in [4.69, 9.17) is 10.7 Å². The van der Waals surface area contributed by atoms with Crippen LogP contribution in [0.5, 0.6) is 0 Å². The average Bonchev–Trinajstić information content (AvgIpc) is 2.73. The van der Waals surface area contributed by atoms with Crippen LogP contribution in [0.15, 0.2) is 43.9 Å². The number of rotatable bonds is 6. The van der Waals surface area contributed by atoms with E-state index in [-0.39, 0.29) is 17.4 Å². The molecule has 1 atom stereocenters. The normalized spacial score (nSPS) is 11.3. The third-order valence-corrected chi connectivity index (χ3v) is 4.02. The van der Waals surface area contributed by atoms with Crippen LogP contribution in [0, 0.1) is 11.3 Å². The van der Waals surface area contributed by atoms with Crippen molar-refractivity contribution in [1.82, 2.24) is 24.9 Å². The molecule has 0 radical (unpaired) electrons. The van der Waals surface area contributed by atoms with Crippen molar-refractivity contribution < 1.29 is 0 Å². The van der Waals surface area contributed by atoms with Crippen molar-refractivity contribution in [2.24, 2.45) is 0 Å². The van der Waals surface area contributed by atoms with E-state index < -0.39 is 0 Å². The highest BCUT2D eigenvalue weighted by molar-refractivity contribution is 5.67. The van der Waals surface area contributed by atoms with Gasteiger partial charge in [0.25, 0.3) is 0 Å². The summed E-state index contributed by atoms with van der Waals surface area (Å²) < 4.78 is 0. The second-order valence-corrected chi connectivity index (χ2v) is 5.81. The number of nitriles is 1. The van der Waals surface area contributed by atoms with Gasteiger partial charge in [0.1, 0.15) is 35.3 Å². The number of pyridine rings is 1. The molecule has 0 saturated carbocycles. The smallest absolute Gasteiger partial charge is 0.150 e. The van der Waals surface area contributed by atoms with Gasteiger partial charge in [-0.3, -0.25) is 4.98 Å². The lowest BCUT2D eigenvalue weighted by molar-refractivity contribution is 0.817. The quantitative estimate of drug-likeness (QED) is 0.677. The predicted octanol–water partition coefficient (Wildman–Crippen LogP) is 3.24. The van der Waals surface area contributed by atoms with Crippen LogP contribution in [-0.4, -0.2) is 24.9 Å². The summed E-state index contributed by atoms with van der Waals surface area (Å²) in [7, 11) is 0. The van der Waals surface area contributed by atoms with Crippen LogP contribution in [0.3, 0.4) is 0 Å². The molecule has 0 fully saturated rings. The van der Waals surface area contributed by atoms with Gasteiger partial charge in [-0.1, -0.05) is 19.2 Å². The van der Waals surface area contributed by atoms with Gasteiger partial charge >= 0.3 is 0 Å². The first-order chi connectivity index (χ1) is 13.6. The Morgan fingerprint density at radius 3 is 2.54 bits per heavy atom. The third-order valence-electron chi connectivity index (χ3n) is 4.02. The molecule has 0 aliphatic heterocycles. The molecule has 8 nitrogen and oxygen atoms in total. The minimum Gasteiger partial charge on any atom is -0.382 e. The zero-order valence-electron chi connectivity index (χ0n) is 15.3. The second-order valence-electron chi connectivity index (χ2n) is 5.81. The lowest BCUT2D eigenvalue weighted by atomic mass is 10.1.